The van der Waals surface area contributed by atoms with Crippen LogP contribution in [0.3, 0.4) is 0 Å². The van der Waals surface area contributed by atoms with Gasteiger partial charge in [0.25, 0.3) is 0 Å². The summed E-state index contributed by atoms with van der Waals surface area (Å²) in [6.45, 7) is 4.87. The van der Waals surface area contributed by atoms with E-state index in [1.165, 1.54) is 12.0 Å². The van der Waals surface area contributed by atoms with Gasteiger partial charge in [-0.15, -0.1) is 0 Å². The molecule has 0 aromatic heterocycles. The SMILES string of the molecule is CCN(C(=O)C1CCC1)c1ccccc1C. The molecule has 0 heterocycles. The van der Waals surface area contributed by atoms with Crippen LogP contribution in [0.1, 0.15) is 31.7 Å². The van der Waals surface area contributed by atoms with Crippen LogP contribution in [0.15, 0.2) is 24.3 Å². The Morgan fingerprint density at radius 2 is 2.06 bits per heavy atom. The number of carbonyl (C=O) groups is 1. The molecule has 0 atom stereocenters. The first kappa shape index (κ1) is 11.2. The van der Waals surface area contributed by atoms with Crippen LogP contribution >= 0.6 is 0 Å². The van der Waals surface area contributed by atoms with Gasteiger partial charge in [0, 0.05) is 18.2 Å². The fourth-order valence-corrected chi connectivity index (χ4v) is 2.19. The molecule has 2 rings (SSSR count). The van der Waals surface area contributed by atoms with Crippen molar-refractivity contribution in [3.05, 3.63) is 29.8 Å². The van der Waals surface area contributed by atoms with Crippen molar-refractivity contribution in [3.8, 4) is 0 Å². The Hall–Kier alpha value is -1.31. The van der Waals surface area contributed by atoms with Crippen LogP contribution in [0.4, 0.5) is 5.69 Å². The Balaban J connectivity index is 2.21. The molecule has 1 aliphatic carbocycles. The predicted molar refractivity (Wildman–Crippen MR) is 66.5 cm³/mol. The third-order valence-corrected chi connectivity index (χ3v) is 3.44. The summed E-state index contributed by atoms with van der Waals surface area (Å²) in [6, 6.07) is 8.11. The van der Waals surface area contributed by atoms with Gasteiger partial charge >= 0.3 is 0 Å². The van der Waals surface area contributed by atoms with E-state index in [-0.39, 0.29) is 5.92 Å². The number of carbonyl (C=O) groups excluding carboxylic acids is 1. The number of para-hydroxylation sites is 1. The van der Waals surface area contributed by atoms with E-state index in [0.717, 1.165) is 25.1 Å². The van der Waals surface area contributed by atoms with E-state index < -0.39 is 0 Å². The maximum atomic E-state index is 12.2. The first-order valence-corrected chi connectivity index (χ1v) is 6.11. The third kappa shape index (κ3) is 1.97. The lowest BCUT2D eigenvalue weighted by Crippen LogP contribution is -2.39. The number of hydrogen-bond donors (Lipinski definition) is 0. The first-order chi connectivity index (χ1) is 7.74. The van der Waals surface area contributed by atoms with Crippen molar-refractivity contribution in [2.45, 2.75) is 33.1 Å². The van der Waals surface area contributed by atoms with E-state index in [0.29, 0.717) is 5.91 Å². The molecule has 1 aromatic rings. The van der Waals surface area contributed by atoms with Gasteiger partial charge in [0.1, 0.15) is 0 Å². The Morgan fingerprint density at radius 3 is 2.56 bits per heavy atom. The summed E-state index contributed by atoms with van der Waals surface area (Å²) in [4.78, 5) is 14.2. The normalized spacial score (nSPS) is 15.6. The van der Waals surface area contributed by atoms with Crippen molar-refractivity contribution in [2.24, 2.45) is 5.92 Å². The highest BCUT2D eigenvalue weighted by Crippen LogP contribution is 2.31. The molecule has 1 aromatic carbocycles. The molecule has 0 N–H and O–H groups in total. The maximum Gasteiger partial charge on any atom is 0.230 e. The average molecular weight is 217 g/mol. The molecule has 1 aliphatic rings. The molecule has 0 bridgehead atoms. The van der Waals surface area contributed by atoms with Gasteiger partial charge < -0.3 is 4.90 Å². The van der Waals surface area contributed by atoms with Gasteiger partial charge in [-0.25, -0.2) is 0 Å². The van der Waals surface area contributed by atoms with Crippen LogP contribution < -0.4 is 4.90 Å². The largest absolute Gasteiger partial charge is 0.312 e. The minimum absolute atomic E-state index is 0.277. The van der Waals surface area contributed by atoms with Crippen molar-refractivity contribution in [3.63, 3.8) is 0 Å². The standard InChI is InChI=1S/C14H19NO/c1-3-15(14(16)12-8-6-9-12)13-10-5-4-7-11(13)2/h4-5,7,10,12H,3,6,8-9H2,1-2H3. The number of aryl methyl sites for hydroxylation is 1. The molecular weight excluding hydrogens is 198 g/mol. The highest BCUT2D eigenvalue weighted by molar-refractivity contribution is 5.96. The van der Waals surface area contributed by atoms with Crippen molar-refractivity contribution in [1.82, 2.24) is 0 Å². The van der Waals surface area contributed by atoms with Crippen molar-refractivity contribution >= 4 is 11.6 Å². The number of rotatable bonds is 3. The summed E-state index contributed by atoms with van der Waals surface area (Å²) in [7, 11) is 0. The molecule has 16 heavy (non-hydrogen) atoms. The second-order valence-corrected chi connectivity index (χ2v) is 4.50. The molecule has 2 nitrogen and oxygen atoms in total. The summed E-state index contributed by atoms with van der Waals surface area (Å²) < 4.78 is 0. The molecule has 0 unspecified atom stereocenters. The van der Waals surface area contributed by atoms with E-state index >= 15 is 0 Å². The lowest BCUT2D eigenvalue weighted by Gasteiger charge is -2.31. The molecule has 1 saturated carbocycles. The van der Waals surface area contributed by atoms with Crippen molar-refractivity contribution < 1.29 is 4.79 Å². The fraction of sp³-hybridized carbons (Fsp3) is 0.500. The number of benzene rings is 1. The Labute approximate surface area is 97.3 Å². The number of amides is 1. The number of anilines is 1. The molecule has 86 valence electrons. The summed E-state index contributed by atoms with van der Waals surface area (Å²) in [5.41, 5.74) is 2.25. The molecule has 0 saturated heterocycles. The molecule has 0 spiro atoms. The minimum Gasteiger partial charge on any atom is -0.312 e. The van der Waals surface area contributed by atoms with Gasteiger partial charge in [-0.2, -0.15) is 0 Å². The number of nitrogens with zero attached hydrogens (tertiary/aromatic N) is 1. The zero-order valence-electron chi connectivity index (χ0n) is 10.1. The monoisotopic (exact) mass is 217 g/mol. The quantitative estimate of drug-likeness (QED) is 0.761. The van der Waals surface area contributed by atoms with E-state index in [4.69, 9.17) is 0 Å². The molecule has 1 amide bonds. The Kier molecular flexibility index (Phi) is 3.28. The van der Waals surface area contributed by atoms with Gasteiger partial charge in [-0.1, -0.05) is 24.6 Å². The lowest BCUT2D eigenvalue weighted by atomic mass is 9.84. The van der Waals surface area contributed by atoms with Crippen LogP contribution in [0.2, 0.25) is 0 Å². The molecule has 1 fully saturated rings. The highest BCUT2D eigenvalue weighted by atomic mass is 16.2. The van der Waals surface area contributed by atoms with E-state index in [1.54, 1.807) is 0 Å². The molecular formula is C14H19NO. The van der Waals surface area contributed by atoms with Gasteiger partial charge in [-0.3, -0.25) is 4.79 Å². The van der Waals surface area contributed by atoms with Gasteiger partial charge in [0.2, 0.25) is 5.91 Å². The average Bonchev–Trinajstić information content (AvgIpc) is 2.19. The number of hydrogen-bond acceptors (Lipinski definition) is 1. The Morgan fingerprint density at radius 1 is 1.38 bits per heavy atom. The van der Waals surface area contributed by atoms with Crippen LogP contribution in [0.5, 0.6) is 0 Å². The summed E-state index contributed by atoms with van der Waals surface area (Å²) in [5, 5.41) is 0. The summed E-state index contributed by atoms with van der Waals surface area (Å²) in [5.74, 6) is 0.586. The topological polar surface area (TPSA) is 20.3 Å². The van der Waals surface area contributed by atoms with E-state index in [9.17, 15) is 4.79 Å². The van der Waals surface area contributed by atoms with E-state index in [2.05, 4.69) is 13.0 Å². The summed E-state index contributed by atoms with van der Waals surface area (Å²) >= 11 is 0. The van der Waals surface area contributed by atoms with Crippen LogP contribution in [0, 0.1) is 12.8 Å². The smallest absolute Gasteiger partial charge is 0.230 e. The van der Waals surface area contributed by atoms with Gasteiger partial charge in [-0.05, 0) is 38.3 Å². The molecule has 0 aliphatic heterocycles. The van der Waals surface area contributed by atoms with Crippen molar-refractivity contribution in [2.75, 3.05) is 11.4 Å². The highest BCUT2D eigenvalue weighted by Gasteiger charge is 2.29. The van der Waals surface area contributed by atoms with Crippen LogP contribution in [-0.4, -0.2) is 12.5 Å². The minimum atomic E-state index is 0.277. The maximum absolute atomic E-state index is 12.2. The van der Waals surface area contributed by atoms with Gasteiger partial charge in [0.05, 0.1) is 0 Å². The second-order valence-electron chi connectivity index (χ2n) is 4.50. The Bertz CT molecular complexity index is 382. The zero-order valence-corrected chi connectivity index (χ0v) is 10.1. The fourth-order valence-electron chi connectivity index (χ4n) is 2.19. The van der Waals surface area contributed by atoms with Gasteiger partial charge in [0.15, 0.2) is 0 Å². The third-order valence-electron chi connectivity index (χ3n) is 3.44. The van der Waals surface area contributed by atoms with Crippen LogP contribution in [0.25, 0.3) is 0 Å². The van der Waals surface area contributed by atoms with Crippen molar-refractivity contribution in [1.29, 1.82) is 0 Å². The zero-order chi connectivity index (χ0) is 11.5. The van der Waals surface area contributed by atoms with E-state index in [1.807, 2.05) is 30.0 Å². The predicted octanol–water partition coefficient (Wildman–Crippen LogP) is 3.15. The summed E-state index contributed by atoms with van der Waals surface area (Å²) in [6.07, 6.45) is 3.35. The molecule has 2 heteroatoms. The molecule has 0 radical (unpaired) electrons. The first-order valence-electron chi connectivity index (χ1n) is 6.11. The second kappa shape index (κ2) is 4.69. The van der Waals surface area contributed by atoms with Crippen LogP contribution in [-0.2, 0) is 4.79 Å². The lowest BCUT2D eigenvalue weighted by molar-refractivity contribution is -0.124.